The topological polar surface area (TPSA) is 81.9 Å². The smallest absolute Gasteiger partial charge is 0.253 e. The molecule has 2 aromatic heterocycles. The van der Waals surface area contributed by atoms with E-state index >= 15 is 0 Å². The minimum atomic E-state index is -0.178. The third kappa shape index (κ3) is 2.30. The van der Waals surface area contributed by atoms with Crippen molar-refractivity contribution in [2.45, 2.75) is 5.92 Å². The highest BCUT2D eigenvalue weighted by molar-refractivity contribution is 6.03. The minimum Gasteiger partial charge on any atom is -0.493 e. The average molecular weight is 309 g/mol. The van der Waals surface area contributed by atoms with E-state index < -0.39 is 0 Å². The van der Waals surface area contributed by atoms with E-state index in [9.17, 15) is 4.79 Å². The molecule has 1 unspecified atom stereocenters. The summed E-state index contributed by atoms with van der Waals surface area (Å²) in [5, 5.41) is 10.9. The Morgan fingerprint density at radius 3 is 3.17 bits per heavy atom. The highest BCUT2D eigenvalue weighted by atomic mass is 16.5. The van der Waals surface area contributed by atoms with Crippen LogP contribution < -0.4 is 10.1 Å². The van der Waals surface area contributed by atoms with Crippen LogP contribution >= 0.6 is 0 Å². The lowest BCUT2D eigenvalue weighted by atomic mass is 10.0. The number of rotatable bonds is 3. The fourth-order valence-corrected chi connectivity index (χ4v) is 2.83. The number of nitrogens with one attached hydrogen (secondary N) is 1. The number of benzene rings is 1. The number of amides is 1. The highest BCUT2D eigenvalue weighted by Crippen LogP contribution is 2.32. The number of aromatic nitrogens is 4. The third-order valence-corrected chi connectivity index (χ3v) is 4.04. The molecule has 1 aromatic carbocycles. The van der Waals surface area contributed by atoms with Gasteiger partial charge in [-0.2, -0.15) is 0 Å². The van der Waals surface area contributed by atoms with Crippen molar-refractivity contribution in [1.82, 2.24) is 25.3 Å². The second-order valence-electron chi connectivity index (χ2n) is 5.50. The molecular weight excluding hydrogens is 294 g/mol. The maximum atomic E-state index is 12.5. The Kier molecular flexibility index (Phi) is 3.18. The summed E-state index contributed by atoms with van der Waals surface area (Å²) in [6.45, 7) is 1.09. The Labute approximate surface area is 132 Å². The summed E-state index contributed by atoms with van der Waals surface area (Å²) in [6, 6.07) is 9.57. The van der Waals surface area contributed by atoms with E-state index in [1.807, 2.05) is 24.3 Å². The van der Waals surface area contributed by atoms with Crippen LogP contribution in [0.4, 0.5) is 0 Å². The molecule has 4 rings (SSSR count). The predicted molar refractivity (Wildman–Crippen MR) is 83.3 cm³/mol. The van der Waals surface area contributed by atoms with Gasteiger partial charge in [0.25, 0.3) is 5.91 Å². The van der Waals surface area contributed by atoms with Crippen molar-refractivity contribution in [3.05, 3.63) is 47.7 Å². The van der Waals surface area contributed by atoms with E-state index in [0.29, 0.717) is 29.9 Å². The Bertz CT molecular complexity index is 889. The summed E-state index contributed by atoms with van der Waals surface area (Å²) >= 11 is 0. The number of hydrogen-bond donors (Lipinski definition) is 1. The van der Waals surface area contributed by atoms with Gasteiger partial charge in [0.2, 0.25) is 0 Å². The largest absolute Gasteiger partial charge is 0.493 e. The van der Waals surface area contributed by atoms with Crippen molar-refractivity contribution in [3.8, 4) is 5.75 Å². The summed E-state index contributed by atoms with van der Waals surface area (Å²) in [6.07, 6.45) is 1.59. The van der Waals surface area contributed by atoms with Gasteiger partial charge in [-0.1, -0.05) is 23.4 Å². The lowest BCUT2D eigenvalue weighted by Crippen LogP contribution is -2.29. The second kappa shape index (κ2) is 5.35. The van der Waals surface area contributed by atoms with E-state index in [0.717, 1.165) is 11.3 Å². The van der Waals surface area contributed by atoms with Gasteiger partial charge in [-0.15, -0.1) is 5.10 Å². The number of para-hydroxylation sites is 1. The number of carbonyl (C=O) groups is 1. The molecular formula is C16H15N5O2. The SMILES string of the molecule is Cn1nnc2c(C(=O)NCC3COc4ccccc43)ccnc21. The minimum absolute atomic E-state index is 0.161. The number of pyridine rings is 1. The zero-order chi connectivity index (χ0) is 15.8. The van der Waals surface area contributed by atoms with Crippen LogP contribution in [0.5, 0.6) is 5.75 Å². The van der Waals surface area contributed by atoms with E-state index in [1.165, 1.54) is 0 Å². The summed E-state index contributed by atoms with van der Waals surface area (Å²) in [5.74, 6) is 0.878. The van der Waals surface area contributed by atoms with Crippen molar-refractivity contribution in [2.75, 3.05) is 13.2 Å². The molecule has 3 heterocycles. The molecule has 7 heteroatoms. The second-order valence-corrected chi connectivity index (χ2v) is 5.50. The van der Waals surface area contributed by atoms with Crippen LogP contribution in [0.1, 0.15) is 21.8 Å². The number of fused-ring (bicyclic) bond motifs is 2. The van der Waals surface area contributed by atoms with Gasteiger partial charge in [-0.3, -0.25) is 4.79 Å². The first-order valence-electron chi connectivity index (χ1n) is 7.38. The van der Waals surface area contributed by atoms with Gasteiger partial charge in [0.1, 0.15) is 11.3 Å². The Hall–Kier alpha value is -2.96. The fraction of sp³-hybridized carbons (Fsp3) is 0.250. The van der Waals surface area contributed by atoms with Crippen LogP contribution in [0.2, 0.25) is 0 Å². The first-order chi connectivity index (χ1) is 11.2. The lowest BCUT2D eigenvalue weighted by molar-refractivity contribution is 0.0951. The van der Waals surface area contributed by atoms with E-state index in [-0.39, 0.29) is 11.8 Å². The number of nitrogens with zero attached hydrogens (tertiary/aromatic N) is 4. The molecule has 23 heavy (non-hydrogen) atoms. The van der Waals surface area contributed by atoms with Gasteiger partial charge >= 0.3 is 0 Å². The lowest BCUT2D eigenvalue weighted by Gasteiger charge is -2.10. The molecule has 1 amide bonds. The normalized spacial score (nSPS) is 16.1. The number of carbonyl (C=O) groups excluding carboxylic acids is 1. The molecule has 3 aromatic rings. The van der Waals surface area contributed by atoms with Gasteiger partial charge < -0.3 is 10.1 Å². The van der Waals surface area contributed by atoms with Crippen LogP contribution in [0, 0.1) is 0 Å². The van der Waals surface area contributed by atoms with Crippen molar-refractivity contribution >= 4 is 17.1 Å². The van der Waals surface area contributed by atoms with Crippen LogP contribution in [0.3, 0.4) is 0 Å². The molecule has 0 aliphatic carbocycles. The van der Waals surface area contributed by atoms with E-state index in [4.69, 9.17) is 4.74 Å². The van der Waals surface area contributed by atoms with Crippen molar-refractivity contribution in [2.24, 2.45) is 7.05 Å². The summed E-state index contributed by atoms with van der Waals surface area (Å²) in [5.41, 5.74) is 2.71. The van der Waals surface area contributed by atoms with Crippen LogP contribution in [0.25, 0.3) is 11.2 Å². The zero-order valence-electron chi connectivity index (χ0n) is 12.6. The molecule has 0 saturated carbocycles. The van der Waals surface area contributed by atoms with Gasteiger partial charge in [-0.25, -0.2) is 9.67 Å². The third-order valence-electron chi connectivity index (χ3n) is 4.04. The summed E-state index contributed by atoms with van der Waals surface area (Å²) in [7, 11) is 1.75. The first-order valence-corrected chi connectivity index (χ1v) is 7.38. The quantitative estimate of drug-likeness (QED) is 0.788. The molecule has 0 radical (unpaired) electrons. The summed E-state index contributed by atoms with van der Waals surface area (Å²) in [4.78, 5) is 16.7. The maximum Gasteiger partial charge on any atom is 0.253 e. The molecule has 7 nitrogen and oxygen atoms in total. The molecule has 1 aliphatic rings. The van der Waals surface area contributed by atoms with E-state index in [1.54, 1.807) is 24.0 Å². The van der Waals surface area contributed by atoms with Gasteiger partial charge in [-0.05, 0) is 12.1 Å². The standard InChI is InChI=1S/C16H15N5O2/c1-21-15-14(19-20-21)12(6-7-17-15)16(22)18-8-10-9-23-13-5-3-2-4-11(10)13/h2-7,10H,8-9H2,1H3,(H,18,22). The van der Waals surface area contributed by atoms with Crippen LogP contribution in [0.15, 0.2) is 36.5 Å². The van der Waals surface area contributed by atoms with Crippen molar-refractivity contribution in [1.29, 1.82) is 0 Å². The van der Waals surface area contributed by atoms with Crippen molar-refractivity contribution in [3.63, 3.8) is 0 Å². The molecule has 116 valence electrons. The Morgan fingerprint density at radius 2 is 2.26 bits per heavy atom. The number of aryl methyl sites for hydroxylation is 1. The van der Waals surface area contributed by atoms with Crippen molar-refractivity contribution < 1.29 is 9.53 Å². The number of hydrogen-bond acceptors (Lipinski definition) is 5. The van der Waals surface area contributed by atoms with Crippen LogP contribution in [-0.4, -0.2) is 39.0 Å². The Balaban J connectivity index is 1.52. The molecule has 0 bridgehead atoms. The first kappa shape index (κ1) is 13.7. The molecule has 1 aliphatic heterocycles. The van der Waals surface area contributed by atoms with Gasteiger partial charge in [0.15, 0.2) is 5.65 Å². The molecule has 1 atom stereocenters. The van der Waals surface area contributed by atoms with Gasteiger partial charge in [0, 0.05) is 31.3 Å². The van der Waals surface area contributed by atoms with E-state index in [2.05, 4.69) is 20.6 Å². The molecule has 0 fully saturated rings. The maximum absolute atomic E-state index is 12.5. The summed E-state index contributed by atoms with van der Waals surface area (Å²) < 4.78 is 7.18. The van der Waals surface area contributed by atoms with Crippen LogP contribution in [-0.2, 0) is 7.05 Å². The average Bonchev–Trinajstić information content (AvgIpc) is 3.17. The molecule has 1 N–H and O–H groups in total. The number of ether oxygens (including phenoxy) is 1. The van der Waals surface area contributed by atoms with Gasteiger partial charge in [0.05, 0.1) is 12.2 Å². The molecule has 0 saturated heterocycles. The highest BCUT2D eigenvalue weighted by Gasteiger charge is 2.24. The zero-order valence-corrected chi connectivity index (χ0v) is 12.6. The monoisotopic (exact) mass is 309 g/mol. The predicted octanol–water partition coefficient (Wildman–Crippen LogP) is 1.27. The molecule has 0 spiro atoms. The Morgan fingerprint density at radius 1 is 1.39 bits per heavy atom. The fourth-order valence-electron chi connectivity index (χ4n) is 2.83.